The highest BCUT2D eigenvalue weighted by atomic mass is 32.1. The molecule has 21 heavy (non-hydrogen) atoms. The molecule has 0 aliphatic rings. The highest BCUT2D eigenvalue weighted by Gasteiger charge is 2.08. The minimum absolute atomic E-state index is 0.140. The number of amides is 1. The second kappa shape index (κ2) is 7.04. The van der Waals surface area contributed by atoms with Crippen LogP contribution < -0.4 is 10.1 Å². The first kappa shape index (κ1) is 15.3. The van der Waals surface area contributed by atoms with Crippen LogP contribution in [-0.4, -0.2) is 18.3 Å². The van der Waals surface area contributed by atoms with Crippen LogP contribution in [0.1, 0.15) is 38.8 Å². The van der Waals surface area contributed by atoms with Crippen molar-refractivity contribution in [3.8, 4) is 5.75 Å². The van der Waals surface area contributed by atoms with E-state index in [0.717, 1.165) is 17.6 Å². The lowest BCUT2D eigenvalue weighted by atomic mass is 10.2. The smallest absolute Gasteiger partial charge is 0.261 e. The molecular formula is C16H17NO3S. The maximum absolute atomic E-state index is 11.9. The summed E-state index contributed by atoms with van der Waals surface area (Å²) in [6, 6.07) is 10.9. The third-order valence-electron chi connectivity index (χ3n) is 2.71. The predicted molar refractivity (Wildman–Crippen MR) is 83.1 cm³/mol. The SMILES string of the molecule is CC(C)Oc1ccc(CNC(=O)c2ccc(C=O)s2)cc1. The zero-order valence-electron chi connectivity index (χ0n) is 12.0. The van der Waals surface area contributed by atoms with Crippen molar-refractivity contribution >= 4 is 23.5 Å². The van der Waals surface area contributed by atoms with E-state index in [0.29, 0.717) is 16.3 Å². The van der Waals surface area contributed by atoms with Crippen molar-refractivity contribution in [2.24, 2.45) is 0 Å². The van der Waals surface area contributed by atoms with E-state index in [1.807, 2.05) is 38.1 Å². The van der Waals surface area contributed by atoms with Gasteiger partial charge in [0.2, 0.25) is 0 Å². The van der Waals surface area contributed by atoms with Gasteiger partial charge in [-0.2, -0.15) is 0 Å². The second-order valence-corrected chi connectivity index (χ2v) is 5.93. The van der Waals surface area contributed by atoms with Crippen molar-refractivity contribution in [1.82, 2.24) is 5.32 Å². The average molecular weight is 303 g/mol. The van der Waals surface area contributed by atoms with Gasteiger partial charge >= 0.3 is 0 Å². The Labute approximate surface area is 127 Å². The Hall–Kier alpha value is -2.14. The van der Waals surface area contributed by atoms with E-state index in [1.54, 1.807) is 12.1 Å². The molecule has 0 unspecified atom stereocenters. The number of ether oxygens (including phenoxy) is 1. The zero-order valence-corrected chi connectivity index (χ0v) is 12.8. The normalized spacial score (nSPS) is 10.4. The molecule has 0 aliphatic heterocycles. The van der Waals surface area contributed by atoms with Gasteiger partial charge < -0.3 is 10.1 Å². The molecule has 2 rings (SSSR count). The first-order chi connectivity index (χ1) is 10.1. The largest absolute Gasteiger partial charge is 0.491 e. The van der Waals surface area contributed by atoms with E-state index in [-0.39, 0.29) is 12.0 Å². The molecule has 0 atom stereocenters. The molecule has 0 fully saturated rings. The molecule has 0 aliphatic carbocycles. The molecule has 0 saturated heterocycles. The van der Waals surface area contributed by atoms with Crippen LogP contribution in [0.15, 0.2) is 36.4 Å². The molecule has 2 aromatic rings. The van der Waals surface area contributed by atoms with Crippen LogP contribution in [0.5, 0.6) is 5.75 Å². The minimum Gasteiger partial charge on any atom is -0.491 e. The van der Waals surface area contributed by atoms with Gasteiger partial charge in [-0.25, -0.2) is 0 Å². The molecule has 1 amide bonds. The Morgan fingerprint density at radius 1 is 1.24 bits per heavy atom. The van der Waals surface area contributed by atoms with Crippen molar-refractivity contribution in [3.05, 3.63) is 51.7 Å². The van der Waals surface area contributed by atoms with E-state index in [2.05, 4.69) is 5.32 Å². The zero-order chi connectivity index (χ0) is 15.2. The number of aldehydes is 1. The van der Waals surface area contributed by atoms with Crippen LogP contribution in [0.25, 0.3) is 0 Å². The fourth-order valence-corrected chi connectivity index (χ4v) is 2.50. The summed E-state index contributed by atoms with van der Waals surface area (Å²) in [7, 11) is 0. The first-order valence-electron chi connectivity index (χ1n) is 6.67. The average Bonchev–Trinajstić information content (AvgIpc) is 2.94. The summed E-state index contributed by atoms with van der Waals surface area (Å²) in [5, 5.41) is 2.83. The van der Waals surface area contributed by atoms with E-state index < -0.39 is 0 Å². The highest BCUT2D eigenvalue weighted by Crippen LogP contribution is 2.16. The van der Waals surface area contributed by atoms with E-state index >= 15 is 0 Å². The lowest BCUT2D eigenvalue weighted by molar-refractivity contribution is 0.0954. The molecule has 110 valence electrons. The quantitative estimate of drug-likeness (QED) is 0.833. The Balaban J connectivity index is 1.90. The summed E-state index contributed by atoms with van der Waals surface area (Å²) in [5.41, 5.74) is 0.992. The number of thiophene rings is 1. The van der Waals surface area contributed by atoms with Crippen molar-refractivity contribution in [3.63, 3.8) is 0 Å². The number of hydrogen-bond donors (Lipinski definition) is 1. The number of rotatable bonds is 6. The summed E-state index contributed by atoms with van der Waals surface area (Å²) in [5.74, 6) is 0.643. The fourth-order valence-electron chi connectivity index (χ4n) is 1.77. The third-order valence-corrected chi connectivity index (χ3v) is 3.72. The van der Waals surface area contributed by atoms with Gasteiger partial charge in [0.25, 0.3) is 5.91 Å². The van der Waals surface area contributed by atoms with Gasteiger partial charge in [0.05, 0.1) is 15.9 Å². The lowest BCUT2D eigenvalue weighted by Gasteiger charge is -2.10. The van der Waals surface area contributed by atoms with Crippen molar-refractivity contribution < 1.29 is 14.3 Å². The number of carbonyl (C=O) groups is 2. The van der Waals surface area contributed by atoms with Crippen LogP contribution >= 0.6 is 11.3 Å². The molecule has 1 heterocycles. The van der Waals surface area contributed by atoms with Crippen molar-refractivity contribution in [2.75, 3.05) is 0 Å². The van der Waals surface area contributed by atoms with E-state index in [9.17, 15) is 9.59 Å². The molecule has 5 heteroatoms. The van der Waals surface area contributed by atoms with Gasteiger partial charge in [-0.15, -0.1) is 11.3 Å². The van der Waals surface area contributed by atoms with Crippen LogP contribution in [0.2, 0.25) is 0 Å². The van der Waals surface area contributed by atoms with Crippen LogP contribution in [0.3, 0.4) is 0 Å². The molecule has 0 spiro atoms. The maximum atomic E-state index is 11.9. The molecular weight excluding hydrogens is 286 g/mol. The Morgan fingerprint density at radius 3 is 2.52 bits per heavy atom. The maximum Gasteiger partial charge on any atom is 0.261 e. The monoisotopic (exact) mass is 303 g/mol. The van der Waals surface area contributed by atoms with Gasteiger partial charge in [0, 0.05) is 6.54 Å². The van der Waals surface area contributed by atoms with Gasteiger partial charge in [-0.1, -0.05) is 12.1 Å². The van der Waals surface area contributed by atoms with Gasteiger partial charge in [-0.05, 0) is 43.7 Å². The molecule has 0 saturated carbocycles. The molecule has 0 bridgehead atoms. The molecule has 0 radical (unpaired) electrons. The van der Waals surface area contributed by atoms with Crippen molar-refractivity contribution in [1.29, 1.82) is 0 Å². The number of carbonyl (C=O) groups excluding carboxylic acids is 2. The number of benzene rings is 1. The van der Waals surface area contributed by atoms with Gasteiger partial charge in [0.1, 0.15) is 5.75 Å². The first-order valence-corrected chi connectivity index (χ1v) is 7.49. The standard InChI is InChI=1S/C16H17NO3S/c1-11(2)20-13-5-3-12(4-6-13)9-17-16(19)15-8-7-14(10-18)21-15/h3-8,10-11H,9H2,1-2H3,(H,17,19). The molecule has 1 N–H and O–H groups in total. The Kier molecular flexibility index (Phi) is 5.11. The molecule has 1 aromatic heterocycles. The van der Waals surface area contributed by atoms with Crippen molar-refractivity contribution in [2.45, 2.75) is 26.5 Å². The molecule has 4 nitrogen and oxygen atoms in total. The van der Waals surface area contributed by atoms with Gasteiger partial charge in [-0.3, -0.25) is 9.59 Å². The van der Waals surface area contributed by atoms with Crippen LogP contribution in [0.4, 0.5) is 0 Å². The highest BCUT2D eigenvalue weighted by molar-refractivity contribution is 7.15. The Morgan fingerprint density at radius 2 is 1.95 bits per heavy atom. The topological polar surface area (TPSA) is 55.4 Å². The fraction of sp³-hybridized carbons (Fsp3) is 0.250. The summed E-state index contributed by atoms with van der Waals surface area (Å²) in [4.78, 5) is 23.6. The van der Waals surface area contributed by atoms with Crippen LogP contribution in [-0.2, 0) is 6.54 Å². The Bertz CT molecular complexity index is 617. The summed E-state index contributed by atoms with van der Waals surface area (Å²) < 4.78 is 5.56. The molecule has 1 aromatic carbocycles. The number of hydrogen-bond acceptors (Lipinski definition) is 4. The number of nitrogens with one attached hydrogen (secondary N) is 1. The van der Waals surface area contributed by atoms with E-state index in [1.165, 1.54) is 11.3 Å². The minimum atomic E-state index is -0.171. The third kappa shape index (κ3) is 4.43. The summed E-state index contributed by atoms with van der Waals surface area (Å²) in [6.07, 6.45) is 0.885. The summed E-state index contributed by atoms with van der Waals surface area (Å²) >= 11 is 1.19. The summed E-state index contributed by atoms with van der Waals surface area (Å²) in [6.45, 7) is 4.39. The lowest BCUT2D eigenvalue weighted by Crippen LogP contribution is -2.21. The second-order valence-electron chi connectivity index (χ2n) is 4.81. The predicted octanol–water partition coefficient (Wildman–Crippen LogP) is 3.28. The van der Waals surface area contributed by atoms with E-state index in [4.69, 9.17) is 4.74 Å². The van der Waals surface area contributed by atoms with Gasteiger partial charge in [0.15, 0.2) is 6.29 Å². The van der Waals surface area contributed by atoms with Crippen LogP contribution in [0, 0.1) is 0 Å².